The molecule has 0 spiro atoms. The molecule has 0 aliphatic rings. The zero-order chi connectivity index (χ0) is 15.6. The fourth-order valence-corrected chi connectivity index (χ4v) is 3.22. The van der Waals surface area contributed by atoms with Crippen molar-refractivity contribution in [1.29, 1.82) is 0 Å². The molecule has 1 rings (SSSR count). The maximum Gasteiger partial charge on any atom is 0.240 e. The number of unbranched alkanes of at least 4 members (excludes halogenated alkanes) is 1. The Morgan fingerprint density at radius 3 is 2.52 bits per heavy atom. The predicted octanol–water partition coefficient (Wildman–Crippen LogP) is 1.84. The Kier molecular flexibility index (Phi) is 8.75. The summed E-state index contributed by atoms with van der Waals surface area (Å²) in [6, 6.07) is 6.45. The lowest BCUT2D eigenvalue weighted by Crippen LogP contribution is -2.24. The third-order valence-corrected chi connectivity index (χ3v) is 4.99. The number of rotatable bonds is 11. The monoisotopic (exact) mass is 332 g/mol. The number of nitrogens with two attached hydrogens (primary N) is 1. The van der Waals surface area contributed by atoms with E-state index in [1.54, 1.807) is 36.0 Å². The standard InChI is InChI=1S/C14H24N2O3S2/c1-20-12-3-2-10-16-21(17,18)14-7-5-13(6-8-14)19-11-4-9-15/h5-8,16H,2-4,9-12,15H2,1H3. The molecular formula is C14H24N2O3S2. The Hall–Kier alpha value is -0.760. The van der Waals surface area contributed by atoms with Gasteiger partial charge in [-0.2, -0.15) is 11.8 Å². The van der Waals surface area contributed by atoms with Crippen LogP contribution in [0.3, 0.4) is 0 Å². The Labute approximate surface area is 131 Å². The van der Waals surface area contributed by atoms with Crippen molar-refractivity contribution >= 4 is 21.8 Å². The van der Waals surface area contributed by atoms with Crippen LogP contribution in [0.2, 0.25) is 0 Å². The quantitative estimate of drug-likeness (QED) is 0.604. The first-order valence-electron chi connectivity index (χ1n) is 7.01. The fourth-order valence-electron chi connectivity index (χ4n) is 1.65. The normalized spacial score (nSPS) is 11.5. The minimum atomic E-state index is -3.42. The fraction of sp³-hybridized carbons (Fsp3) is 0.571. The van der Waals surface area contributed by atoms with Crippen LogP contribution in [0, 0.1) is 0 Å². The molecule has 0 aliphatic heterocycles. The van der Waals surface area contributed by atoms with E-state index in [9.17, 15) is 8.42 Å². The lowest BCUT2D eigenvalue weighted by atomic mass is 10.3. The van der Waals surface area contributed by atoms with Gasteiger partial charge in [0, 0.05) is 6.54 Å². The number of benzene rings is 1. The molecule has 0 fully saturated rings. The zero-order valence-corrected chi connectivity index (χ0v) is 14.0. The van der Waals surface area contributed by atoms with Gasteiger partial charge in [-0.25, -0.2) is 13.1 Å². The Morgan fingerprint density at radius 1 is 1.19 bits per heavy atom. The number of ether oxygens (including phenoxy) is 1. The van der Waals surface area contributed by atoms with E-state index in [2.05, 4.69) is 4.72 Å². The van der Waals surface area contributed by atoms with Gasteiger partial charge in [0.05, 0.1) is 11.5 Å². The van der Waals surface area contributed by atoms with Crippen LogP contribution in [-0.4, -0.2) is 40.1 Å². The van der Waals surface area contributed by atoms with Crippen LogP contribution in [0.1, 0.15) is 19.3 Å². The van der Waals surface area contributed by atoms with Crippen molar-refractivity contribution in [2.75, 3.05) is 31.7 Å². The molecule has 0 heterocycles. The molecule has 0 aromatic heterocycles. The van der Waals surface area contributed by atoms with Gasteiger partial charge < -0.3 is 10.5 Å². The van der Waals surface area contributed by atoms with Gasteiger partial charge in [0.25, 0.3) is 0 Å². The van der Waals surface area contributed by atoms with Gasteiger partial charge in [-0.3, -0.25) is 0 Å². The van der Waals surface area contributed by atoms with Gasteiger partial charge in [-0.15, -0.1) is 0 Å². The molecular weight excluding hydrogens is 308 g/mol. The molecule has 0 saturated heterocycles. The second-order valence-corrected chi connectivity index (χ2v) is 7.31. The molecule has 0 saturated carbocycles. The molecule has 5 nitrogen and oxygen atoms in total. The average Bonchev–Trinajstić information content (AvgIpc) is 2.48. The van der Waals surface area contributed by atoms with Crippen LogP contribution in [0.15, 0.2) is 29.2 Å². The third kappa shape index (κ3) is 7.17. The van der Waals surface area contributed by atoms with E-state index in [0.29, 0.717) is 25.4 Å². The van der Waals surface area contributed by atoms with Gasteiger partial charge in [0.1, 0.15) is 5.75 Å². The summed E-state index contributed by atoms with van der Waals surface area (Å²) in [6.07, 6.45) is 4.68. The van der Waals surface area contributed by atoms with E-state index in [0.717, 1.165) is 25.0 Å². The molecule has 3 N–H and O–H groups in total. The van der Waals surface area contributed by atoms with E-state index in [4.69, 9.17) is 10.5 Å². The second kappa shape index (κ2) is 10.0. The van der Waals surface area contributed by atoms with E-state index >= 15 is 0 Å². The highest BCUT2D eigenvalue weighted by atomic mass is 32.2. The van der Waals surface area contributed by atoms with Crippen molar-refractivity contribution in [3.8, 4) is 5.75 Å². The van der Waals surface area contributed by atoms with Crippen molar-refractivity contribution in [1.82, 2.24) is 4.72 Å². The lowest BCUT2D eigenvalue weighted by molar-refractivity contribution is 0.313. The molecule has 0 bridgehead atoms. The highest BCUT2D eigenvalue weighted by molar-refractivity contribution is 7.98. The SMILES string of the molecule is CSCCCCNS(=O)(=O)c1ccc(OCCCN)cc1. The topological polar surface area (TPSA) is 81.4 Å². The van der Waals surface area contributed by atoms with Crippen LogP contribution in [0.5, 0.6) is 5.75 Å². The summed E-state index contributed by atoms with van der Waals surface area (Å²) in [4.78, 5) is 0.263. The highest BCUT2D eigenvalue weighted by Gasteiger charge is 2.12. The van der Waals surface area contributed by atoms with E-state index < -0.39 is 10.0 Å². The molecule has 0 unspecified atom stereocenters. The van der Waals surface area contributed by atoms with Crippen LogP contribution < -0.4 is 15.2 Å². The smallest absolute Gasteiger partial charge is 0.240 e. The maximum atomic E-state index is 12.1. The molecule has 21 heavy (non-hydrogen) atoms. The van der Waals surface area contributed by atoms with Crippen molar-refractivity contribution < 1.29 is 13.2 Å². The van der Waals surface area contributed by atoms with Crippen LogP contribution >= 0.6 is 11.8 Å². The molecule has 0 amide bonds. The van der Waals surface area contributed by atoms with Crippen molar-refractivity contribution in [3.63, 3.8) is 0 Å². The first-order chi connectivity index (χ1) is 10.1. The van der Waals surface area contributed by atoms with Gasteiger partial charge in [-0.1, -0.05) is 0 Å². The molecule has 7 heteroatoms. The first kappa shape index (κ1) is 18.3. The molecule has 1 aromatic rings. The minimum Gasteiger partial charge on any atom is -0.494 e. The van der Waals surface area contributed by atoms with Crippen LogP contribution in [0.4, 0.5) is 0 Å². The molecule has 0 radical (unpaired) electrons. The van der Waals surface area contributed by atoms with Crippen LogP contribution in [0.25, 0.3) is 0 Å². The second-order valence-electron chi connectivity index (χ2n) is 4.56. The molecule has 0 atom stereocenters. The van der Waals surface area contributed by atoms with Crippen molar-refractivity contribution in [3.05, 3.63) is 24.3 Å². The summed E-state index contributed by atoms with van der Waals surface area (Å²) in [7, 11) is -3.42. The summed E-state index contributed by atoms with van der Waals surface area (Å²) in [5, 5.41) is 0. The Bertz CT molecular complexity index is 489. The summed E-state index contributed by atoms with van der Waals surface area (Å²) in [6.45, 7) is 1.58. The van der Waals surface area contributed by atoms with E-state index in [1.165, 1.54) is 0 Å². The maximum absolute atomic E-state index is 12.1. The van der Waals surface area contributed by atoms with E-state index in [1.807, 2.05) is 6.26 Å². The van der Waals surface area contributed by atoms with Gasteiger partial charge in [0.15, 0.2) is 0 Å². The zero-order valence-electron chi connectivity index (χ0n) is 12.4. The van der Waals surface area contributed by atoms with E-state index in [-0.39, 0.29) is 4.90 Å². The molecule has 1 aromatic carbocycles. The number of nitrogens with one attached hydrogen (secondary N) is 1. The van der Waals surface area contributed by atoms with Gasteiger partial charge in [-0.05, 0) is 62.1 Å². The number of thioether (sulfide) groups is 1. The van der Waals surface area contributed by atoms with Crippen molar-refractivity contribution in [2.45, 2.75) is 24.2 Å². The lowest BCUT2D eigenvalue weighted by Gasteiger charge is -2.08. The Morgan fingerprint density at radius 2 is 1.90 bits per heavy atom. The number of hydrogen-bond donors (Lipinski definition) is 2. The summed E-state index contributed by atoms with van der Waals surface area (Å²) < 4.78 is 32.2. The minimum absolute atomic E-state index is 0.263. The summed E-state index contributed by atoms with van der Waals surface area (Å²) >= 11 is 1.77. The predicted molar refractivity (Wildman–Crippen MR) is 88.4 cm³/mol. The van der Waals surface area contributed by atoms with Gasteiger partial charge in [0.2, 0.25) is 10.0 Å². The Balaban J connectivity index is 2.47. The average molecular weight is 332 g/mol. The summed E-state index contributed by atoms with van der Waals surface area (Å²) in [5.41, 5.74) is 5.38. The third-order valence-electron chi connectivity index (χ3n) is 2.82. The number of hydrogen-bond acceptors (Lipinski definition) is 5. The highest BCUT2D eigenvalue weighted by Crippen LogP contribution is 2.16. The first-order valence-corrected chi connectivity index (χ1v) is 9.89. The van der Waals surface area contributed by atoms with Crippen molar-refractivity contribution in [2.24, 2.45) is 5.73 Å². The molecule has 0 aliphatic carbocycles. The van der Waals surface area contributed by atoms with Gasteiger partial charge >= 0.3 is 0 Å². The molecule has 120 valence electrons. The summed E-state index contributed by atoms with van der Waals surface area (Å²) in [5.74, 6) is 1.71. The number of sulfonamides is 1. The largest absolute Gasteiger partial charge is 0.494 e. The van der Waals surface area contributed by atoms with Crippen LogP contribution in [-0.2, 0) is 10.0 Å².